The zero-order valence-electron chi connectivity index (χ0n) is 8.04. The average molecular weight is 197 g/mol. The number of aryl methyl sites for hydroxylation is 1. The predicted molar refractivity (Wildman–Crippen MR) is 51.9 cm³/mol. The molecule has 1 unspecified atom stereocenters. The molecule has 0 bridgehead atoms. The number of benzene rings is 1. The molecule has 1 aromatic carbocycles. The van der Waals surface area contributed by atoms with E-state index in [-0.39, 0.29) is 5.82 Å². The molecule has 0 aromatic heterocycles. The quantitative estimate of drug-likeness (QED) is 0.779. The van der Waals surface area contributed by atoms with Gasteiger partial charge in [0.25, 0.3) is 0 Å². The zero-order valence-corrected chi connectivity index (χ0v) is 8.04. The molecule has 0 saturated carbocycles. The Morgan fingerprint density at radius 1 is 1.57 bits per heavy atom. The molecule has 1 atom stereocenters. The van der Waals surface area contributed by atoms with Crippen LogP contribution in [0.3, 0.4) is 0 Å². The first-order valence-corrected chi connectivity index (χ1v) is 4.26. The van der Waals surface area contributed by atoms with E-state index in [1.807, 2.05) is 0 Å². The molecule has 4 heteroatoms. The number of carbonyl (C=O) groups is 1. The van der Waals surface area contributed by atoms with Crippen molar-refractivity contribution in [3.05, 3.63) is 29.6 Å². The number of nitrogens with one attached hydrogen (secondary N) is 1. The second-order valence-electron chi connectivity index (χ2n) is 3.17. The van der Waals surface area contributed by atoms with E-state index in [1.54, 1.807) is 19.1 Å². The summed E-state index contributed by atoms with van der Waals surface area (Å²) in [5.74, 6) is -1.31. The molecule has 0 saturated heterocycles. The third kappa shape index (κ3) is 2.45. The highest BCUT2D eigenvalue weighted by Crippen LogP contribution is 2.14. The topological polar surface area (TPSA) is 49.3 Å². The van der Waals surface area contributed by atoms with Crippen LogP contribution in [-0.4, -0.2) is 17.1 Å². The SMILES string of the molecule is Cc1ccc(NC(C)C(=O)O)cc1F. The summed E-state index contributed by atoms with van der Waals surface area (Å²) in [6.45, 7) is 3.15. The Balaban J connectivity index is 2.78. The Morgan fingerprint density at radius 3 is 2.71 bits per heavy atom. The van der Waals surface area contributed by atoms with E-state index in [0.29, 0.717) is 11.3 Å². The lowest BCUT2D eigenvalue weighted by Gasteiger charge is -2.10. The van der Waals surface area contributed by atoms with Crippen LogP contribution in [-0.2, 0) is 4.79 Å². The van der Waals surface area contributed by atoms with Gasteiger partial charge in [-0.3, -0.25) is 4.79 Å². The molecule has 0 aliphatic carbocycles. The number of hydrogen-bond donors (Lipinski definition) is 2. The van der Waals surface area contributed by atoms with Gasteiger partial charge in [0.2, 0.25) is 0 Å². The molecule has 0 aliphatic heterocycles. The molecule has 0 spiro atoms. The minimum Gasteiger partial charge on any atom is -0.480 e. The Bertz CT molecular complexity index is 352. The largest absolute Gasteiger partial charge is 0.480 e. The van der Waals surface area contributed by atoms with Gasteiger partial charge in [-0.05, 0) is 31.5 Å². The summed E-state index contributed by atoms with van der Waals surface area (Å²) < 4.78 is 13.0. The van der Waals surface area contributed by atoms with E-state index in [2.05, 4.69) is 5.32 Å². The van der Waals surface area contributed by atoms with Gasteiger partial charge in [-0.25, -0.2) is 4.39 Å². The molecule has 0 fully saturated rings. The number of halogens is 1. The standard InChI is InChI=1S/C10H12FNO2/c1-6-3-4-8(5-9(6)11)12-7(2)10(13)14/h3-5,7,12H,1-2H3,(H,13,14). The Hall–Kier alpha value is -1.58. The molecule has 0 heterocycles. The van der Waals surface area contributed by atoms with E-state index in [4.69, 9.17) is 5.11 Å². The number of rotatable bonds is 3. The average Bonchev–Trinajstić information content (AvgIpc) is 2.11. The smallest absolute Gasteiger partial charge is 0.325 e. The number of hydrogen-bond acceptors (Lipinski definition) is 2. The summed E-state index contributed by atoms with van der Waals surface area (Å²) in [5, 5.41) is 11.3. The lowest BCUT2D eigenvalue weighted by Crippen LogP contribution is -2.25. The van der Waals surface area contributed by atoms with Crippen molar-refractivity contribution < 1.29 is 14.3 Å². The fourth-order valence-electron chi connectivity index (χ4n) is 0.994. The van der Waals surface area contributed by atoms with Crippen LogP contribution in [0.15, 0.2) is 18.2 Å². The molecule has 1 aromatic rings. The van der Waals surface area contributed by atoms with Gasteiger partial charge in [0.15, 0.2) is 0 Å². The molecule has 0 aliphatic rings. The number of aliphatic carboxylic acids is 1. The van der Waals surface area contributed by atoms with E-state index in [9.17, 15) is 9.18 Å². The summed E-state index contributed by atoms with van der Waals surface area (Å²) in [6.07, 6.45) is 0. The van der Waals surface area contributed by atoms with Crippen LogP contribution < -0.4 is 5.32 Å². The van der Waals surface area contributed by atoms with E-state index >= 15 is 0 Å². The number of anilines is 1. The fourth-order valence-corrected chi connectivity index (χ4v) is 0.994. The minimum atomic E-state index is -0.967. The van der Waals surface area contributed by atoms with E-state index < -0.39 is 12.0 Å². The maximum Gasteiger partial charge on any atom is 0.325 e. The molecule has 2 N–H and O–H groups in total. The van der Waals surface area contributed by atoms with Crippen molar-refractivity contribution in [1.82, 2.24) is 0 Å². The van der Waals surface area contributed by atoms with Gasteiger partial charge >= 0.3 is 5.97 Å². The summed E-state index contributed by atoms with van der Waals surface area (Å²) in [6, 6.07) is 3.82. The summed E-state index contributed by atoms with van der Waals surface area (Å²) >= 11 is 0. The molecule has 1 rings (SSSR count). The summed E-state index contributed by atoms with van der Waals surface area (Å²) in [7, 11) is 0. The van der Waals surface area contributed by atoms with Crippen molar-refractivity contribution in [3.8, 4) is 0 Å². The maximum absolute atomic E-state index is 13.0. The van der Waals surface area contributed by atoms with Gasteiger partial charge in [0.1, 0.15) is 11.9 Å². The van der Waals surface area contributed by atoms with Crippen LogP contribution in [0, 0.1) is 12.7 Å². The monoisotopic (exact) mass is 197 g/mol. The van der Waals surface area contributed by atoms with Gasteiger partial charge in [0, 0.05) is 5.69 Å². The van der Waals surface area contributed by atoms with Gasteiger partial charge in [-0.15, -0.1) is 0 Å². The molecule has 14 heavy (non-hydrogen) atoms. The van der Waals surface area contributed by atoms with Crippen molar-refractivity contribution >= 4 is 11.7 Å². The zero-order chi connectivity index (χ0) is 10.7. The van der Waals surface area contributed by atoms with Crippen molar-refractivity contribution in [2.45, 2.75) is 19.9 Å². The van der Waals surface area contributed by atoms with Crippen LogP contribution in [0.1, 0.15) is 12.5 Å². The molecule has 76 valence electrons. The molecular weight excluding hydrogens is 185 g/mol. The van der Waals surface area contributed by atoms with Crippen LogP contribution in [0.2, 0.25) is 0 Å². The first-order chi connectivity index (χ1) is 6.50. The first kappa shape index (κ1) is 10.5. The highest BCUT2D eigenvalue weighted by Gasteiger charge is 2.10. The lowest BCUT2D eigenvalue weighted by molar-refractivity contribution is -0.137. The van der Waals surface area contributed by atoms with Crippen molar-refractivity contribution in [2.75, 3.05) is 5.32 Å². The molecule has 3 nitrogen and oxygen atoms in total. The van der Waals surface area contributed by atoms with E-state index in [0.717, 1.165) is 0 Å². The number of carboxylic acids is 1. The highest BCUT2D eigenvalue weighted by atomic mass is 19.1. The molecular formula is C10H12FNO2. The maximum atomic E-state index is 13.0. The lowest BCUT2D eigenvalue weighted by atomic mass is 10.2. The Kier molecular flexibility index (Phi) is 3.06. The first-order valence-electron chi connectivity index (χ1n) is 4.26. The summed E-state index contributed by atoms with van der Waals surface area (Å²) in [4.78, 5) is 10.5. The van der Waals surface area contributed by atoms with Crippen molar-refractivity contribution in [1.29, 1.82) is 0 Å². The van der Waals surface area contributed by atoms with Crippen LogP contribution in [0.4, 0.5) is 10.1 Å². The van der Waals surface area contributed by atoms with Gasteiger partial charge < -0.3 is 10.4 Å². The molecule has 0 radical (unpaired) electrons. The minimum absolute atomic E-state index is 0.340. The third-order valence-corrected chi connectivity index (χ3v) is 1.93. The summed E-state index contributed by atoms with van der Waals surface area (Å²) in [5.41, 5.74) is 1.02. The Labute approximate surface area is 81.6 Å². The van der Waals surface area contributed by atoms with E-state index in [1.165, 1.54) is 13.0 Å². The normalized spacial score (nSPS) is 12.2. The van der Waals surface area contributed by atoms with Crippen LogP contribution in [0.5, 0.6) is 0 Å². The van der Waals surface area contributed by atoms with Crippen molar-refractivity contribution in [3.63, 3.8) is 0 Å². The number of carboxylic acid groups (broad SMARTS) is 1. The highest BCUT2D eigenvalue weighted by molar-refractivity contribution is 5.76. The van der Waals surface area contributed by atoms with Gasteiger partial charge in [-0.1, -0.05) is 6.07 Å². The van der Waals surface area contributed by atoms with Gasteiger partial charge in [0.05, 0.1) is 0 Å². The van der Waals surface area contributed by atoms with Crippen LogP contribution in [0.25, 0.3) is 0 Å². The fraction of sp³-hybridized carbons (Fsp3) is 0.300. The predicted octanol–water partition coefficient (Wildman–Crippen LogP) is 2.02. The molecule has 0 amide bonds. The van der Waals surface area contributed by atoms with Crippen LogP contribution >= 0.6 is 0 Å². The van der Waals surface area contributed by atoms with Crippen molar-refractivity contribution in [2.24, 2.45) is 0 Å². The Morgan fingerprint density at radius 2 is 2.21 bits per heavy atom. The second kappa shape index (κ2) is 4.09. The second-order valence-corrected chi connectivity index (χ2v) is 3.17. The van der Waals surface area contributed by atoms with Gasteiger partial charge in [-0.2, -0.15) is 0 Å². The third-order valence-electron chi connectivity index (χ3n) is 1.93.